The Morgan fingerprint density at radius 1 is 1.38 bits per heavy atom. The zero-order valence-corrected chi connectivity index (χ0v) is 12.3. The largest absolute Gasteiger partial charge is 0.382 e. The van der Waals surface area contributed by atoms with Gasteiger partial charge in [0.15, 0.2) is 0 Å². The fourth-order valence-electron chi connectivity index (χ4n) is 1.87. The number of para-hydroxylation sites is 1. The predicted molar refractivity (Wildman–Crippen MR) is 80.7 cm³/mol. The highest BCUT2D eigenvalue weighted by atomic mass is 16.6. The van der Waals surface area contributed by atoms with E-state index in [0.29, 0.717) is 38.4 Å². The van der Waals surface area contributed by atoms with Gasteiger partial charge in [0, 0.05) is 26.3 Å². The van der Waals surface area contributed by atoms with Crippen molar-refractivity contribution in [2.75, 3.05) is 31.6 Å². The molecule has 0 atom stereocenters. The number of benzene rings is 1. The van der Waals surface area contributed by atoms with Gasteiger partial charge in [0.1, 0.15) is 11.3 Å². The van der Waals surface area contributed by atoms with Crippen molar-refractivity contribution < 1.29 is 14.5 Å². The molecule has 0 saturated heterocycles. The van der Waals surface area contributed by atoms with Crippen LogP contribution < -0.4 is 10.6 Å². The number of carbonyl (C=O) groups excluding carboxylic acids is 1. The Labute approximate surface area is 123 Å². The molecule has 7 heteroatoms. The van der Waals surface area contributed by atoms with Crippen LogP contribution in [0.25, 0.3) is 0 Å². The summed E-state index contributed by atoms with van der Waals surface area (Å²) in [6, 6.07) is 4.67. The summed E-state index contributed by atoms with van der Waals surface area (Å²) in [5.74, 6) is -0.446. The first-order valence-electron chi connectivity index (χ1n) is 6.99. The van der Waals surface area contributed by atoms with Gasteiger partial charge in [-0.25, -0.2) is 0 Å². The average molecular weight is 295 g/mol. The van der Waals surface area contributed by atoms with Gasteiger partial charge >= 0.3 is 5.69 Å². The van der Waals surface area contributed by atoms with Crippen molar-refractivity contribution in [3.63, 3.8) is 0 Å². The highest BCUT2D eigenvalue weighted by Gasteiger charge is 2.23. The summed E-state index contributed by atoms with van der Waals surface area (Å²) in [5, 5.41) is 16.8. The van der Waals surface area contributed by atoms with E-state index >= 15 is 0 Å². The van der Waals surface area contributed by atoms with Crippen LogP contribution >= 0.6 is 0 Å². The molecule has 0 spiro atoms. The third-order valence-corrected chi connectivity index (χ3v) is 2.79. The molecule has 0 aromatic heterocycles. The zero-order chi connectivity index (χ0) is 15.7. The fourth-order valence-corrected chi connectivity index (χ4v) is 1.87. The maximum Gasteiger partial charge on any atom is 0.305 e. The molecule has 0 aliphatic carbocycles. The molecule has 0 unspecified atom stereocenters. The molecule has 0 saturated carbocycles. The van der Waals surface area contributed by atoms with Gasteiger partial charge in [0.25, 0.3) is 5.91 Å². The van der Waals surface area contributed by atoms with Gasteiger partial charge in [-0.2, -0.15) is 0 Å². The maximum absolute atomic E-state index is 12.1. The number of anilines is 1. The Bertz CT molecular complexity index is 491. The van der Waals surface area contributed by atoms with E-state index < -0.39 is 10.8 Å². The van der Waals surface area contributed by atoms with Crippen LogP contribution in [0, 0.1) is 10.1 Å². The molecule has 0 radical (unpaired) electrons. The van der Waals surface area contributed by atoms with E-state index in [9.17, 15) is 14.9 Å². The molecule has 21 heavy (non-hydrogen) atoms. The molecule has 1 amide bonds. The van der Waals surface area contributed by atoms with Crippen LogP contribution in [-0.4, -0.2) is 37.1 Å². The molecule has 116 valence electrons. The summed E-state index contributed by atoms with van der Waals surface area (Å²) >= 11 is 0. The number of amides is 1. The summed E-state index contributed by atoms with van der Waals surface area (Å²) < 4.78 is 5.16. The fraction of sp³-hybridized carbons (Fsp3) is 0.500. The lowest BCUT2D eigenvalue weighted by molar-refractivity contribution is -0.384. The molecule has 0 aliphatic rings. The lowest BCUT2D eigenvalue weighted by atomic mass is 10.1. The number of hydrogen-bond donors (Lipinski definition) is 2. The Kier molecular flexibility index (Phi) is 7.17. The smallest absolute Gasteiger partial charge is 0.305 e. The molecule has 7 nitrogen and oxygen atoms in total. The van der Waals surface area contributed by atoms with Gasteiger partial charge in [-0.3, -0.25) is 14.9 Å². The van der Waals surface area contributed by atoms with Gasteiger partial charge < -0.3 is 15.4 Å². The van der Waals surface area contributed by atoms with Gasteiger partial charge in [-0.1, -0.05) is 6.07 Å². The summed E-state index contributed by atoms with van der Waals surface area (Å²) in [7, 11) is 0. The Morgan fingerprint density at radius 2 is 2.14 bits per heavy atom. The lowest BCUT2D eigenvalue weighted by Gasteiger charge is -2.09. The maximum atomic E-state index is 12.1. The van der Waals surface area contributed by atoms with Crippen molar-refractivity contribution in [1.82, 2.24) is 5.32 Å². The van der Waals surface area contributed by atoms with Crippen molar-refractivity contribution in [3.8, 4) is 0 Å². The topological polar surface area (TPSA) is 93.5 Å². The highest BCUT2D eigenvalue weighted by Crippen LogP contribution is 2.28. The Morgan fingerprint density at radius 3 is 2.76 bits per heavy atom. The minimum absolute atomic E-state index is 0.0647. The van der Waals surface area contributed by atoms with E-state index in [2.05, 4.69) is 10.6 Å². The van der Waals surface area contributed by atoms with Crippen LogP contribution in [0.3, 0.4) is 0 Å². The second-order valence-corrected chi connectivity index (χ2v) is 4.30. The number of nitro benzene ring substituents is 1. The monoisotopic (exact) mass is 295 g/mol. The van der Waals surface area contributed by atoms with Gasteiger partial charge in [-0.05, 0) is 32.4 Å². The SMILES string of the molecule is CCNc1cccc(C(=O)NCCCOCC)c1[N+](=O)[O-]. The second-order valence-electron chi connectivity index (χ2n) is 4.30. The van der Waals surface area contributed by atoms with Crippen molar-refractivity contribution in [3.05, 3.63) is 33.9 Å². The van der Waals surface area contributed by atoms with Crippen molar-refractivity contribution in [2.45, 2.75) is 20.3 Å². The number of nitro groups is 1. The first kappa shape index (κ1) is 16.9. The van der Waals surface area contributed by atoms with Crippen LogP contribution in [0.5, 0.6) is 0 Å². The molecule has 1 aromatic rings. The molecule has 0 heterocycles. The van der Waals surface area contributed by atoms with E-state index in [1.165, 1.54) is 6.07 Å². The zero-order valence-electron chi connectivity index (χ0n) is 12.3. The van der Waals surface area contributed by atoms with Crippen LogP contribution in [0.1, 0.15) is 30.6 Å². The first-order chi connectivity index (χ1) is 10.1. The predicted octanol–water partition coefficient (Wildman–Crippen LogP) is 2.18. The van der Waals surface area contributed by atoms with Crippen LogP contribution in [0.4, 0.5) is 11.4 Å². The number of nitrogens with zero attached hydrogens (tertiary/aromatic N) is 1. The number of ether oxygens (including phenoxy) is 1. The number of nitrogens with one attached hydrogen (secondary N) is 2. The van der Waals surface area contributed by atoms with Crippen LogP contribution in [0.15, 0.2) is 18.2 Å². The number of hydrogen-bond acceptors (Lipinski definition) is 5. The third-order valence-electron chi connectivity index (χ3n) is 2.79. The van der Waals surface area contributed by atoms with Crippen molar-refractivity contribution in [1.29, 1.82) is 0 Å². The average Bonchev–Trinajstić information content (AvgIpc) is 2.46. The molecule has 2 N–H and O–H groups in total. The standard InChI is InChI=1S/C14H21N3O4/c1-3-15-12-8-5-7-11(13(12)17(19)20)14(18)16-9-6-10-21-4-2/h5,7-8,15H,3-4,6,9-10H2,1-2H3,(H,16,18). The van der Waals surface area contributed by atoms with Gasteiger partial charge in [-0.15, -0.1) is 0 Å². The second kappa shape index (κ2) is 8.91. The molecule has 0 aliphatic heterocycles. The number of rotatable bonds is 9. The Balaban J connectivity index is 2.78. The quantitative estimate of drug-likeness (QED) is 0.414. The minimum Gasteiger partial charge on any atom is -0.382 e. The van der Waals surface area contributed by atoms with Crippen molar-refractivity contribution >= 4 is 17.3 Å². The van der Waals surface area contributed by atoms with Crippen LogP contribution in [0.2, 0.25) is 0 Å². The molecule has 0 fully saturated rings. The summed E-state index contributed by atoms with van der Waals surface area (Å²) in [6.45, 7) is 5.88. The molecule has 1 rings (SSSR count). The Hall–Kier alpha value is -2.15. The van der Waals surface area contributed by atoms with E-state index in [-0.39, 0.29) is 11.3 Å². The molecule has 0 bridgehead atoms. The van der Waals surface area contributed by atoms with E-state index in [1.54, 1.807) is 12.1 Å². The number of carbonyl (C=O) groups is 1. The highest BCUT2D eigenvalue weighted by molar-refractivity contribution is 6.00. The minimum atomic E-state index is -0.535. The van der Waals surface area contributed by atoms with Crippen LogP contribution in [-0.2, 0) is 4.74 Å². The summed E-state index contributed by atoms with van der Waals surface area (Å²) in [4.78, 5) is 22.7. The third kappa shape index (κ3) is 5.03. The van der Waals surface area contributed by atoms with Gasteiger partial charge in [0.2, 0.25) is 0 Å². The van der Waals surface area contributed by atoms with Crippen molar-refractivity contribution in [2.24, 2.45) is 0 Å². The normalized spacial score (nSPS) is 10.2. The molecular formula is C14H21N3O4. The lowest BCUT2D eigenvalue weighted by Crippen LogP contribution is -2.26. The van der Waals surface area contributed by atoms with E-state index in [4.69, 9.17) is 4.74 Å². The summed E-state index contributed by atoms with van der Waals surface area (Å²) in [6.07, 6.45) is 0.667. The van der Waals surface area contributed by atoms with E-state index in [0.717, 1.165) is 0 Å². The molecule has 1 aromatic carbocycles. The van der Waals surface area contributed by atoms with E-state index in [1.807, 2.05) is 13.8 Å². The first-order valence-corrected chi connectivity index (χ1v) is 6.99. The summed E-state index contributed by atoms with van der Waals surface area (Å²) in [5.41, 5.74) is 0.223. The molecular weight excluding hydrogens is 274 g/mol. The van der Waals surface area contributed by atoms with Gasteiger partial charge in [0.05, 0.1) is 4.92 Å².